The number of ether oxygens (including phenoxy) is 2. The maximum Gasteiger partial charge on any atom is 0.306 e. The number of phosphoric acid groups is 1. The van der Waals surface area contributed by atoms with Crippen LogP contribution < -0.4 is 4.89 Å². The quantitative estimate of drug-likeness (QED) is 0.0195. The van der Waals surface area contributed by atoms with Crippen LogP contribution in [0.25, 0.3) is 0 Å². The van der Waals surface area contributed by atoms with Crippen LogP contribution in [0.3, 0.4) is 0 Å². The Hall–Kier alpha value is -1.51. The zero-order valence-electron chi connectivity index (χ0n) is 53.4. The van der Waals surface area contributed by atoms with Crippen LogP contribution in [-0.4, -0.2) is 70.0 Å². The second kappa shape index (κ2) is 61.1. The fourth-order valence-electron chi connectivity index (χ4n) is 10.4. The van der Waals surface area contributed by atoms with Crippen molar-refractivity contribution in [1.29, 1.82) is 0 Å². The van der Waals surface area contributed by atoms with Crippen LogP contribution in [0.1, 0.15) is 354 Å². The first kappa shape index (κ1) is 77.5. The normalized spacial score (nSPS) is 13.2. The summed E-state index contributed by atoms with van der Waals surface area (Å²) >= 11 is 0. The number of quaternary nitrogens is 1. The summed E-state index contributed by atoms with van der Waals surface area (Å²) in [4.78, 5) is 38.0. The minimum Gasteiger partial charge on any atom is -0.756 e. The smallest absolute Gasteiger partial charge is 0.306 e. The standard InChI is InChI=1S/C69H134NO8P/c1-6-8-10-12-14-16-18-20-22-24-26-28-30-32-33-34-35-36-37-38-40-42-44-46-48-50-52-54-56-58-60-62-69(72)78-67(66-77-79(73,74)76-64-63-70(3,4)5)65-75-68(71)61-59-57-55-53-51-49-47-45-43-41-39-31-29-27-25-23-21-19-17-15-13-11-9-7-2/h18,20,24,26,67H,6-17,19,21-23,25,27-66H2,1-5H3/b20-18-,26-24-. The molecule has 468 valence electrons. The highest BCUT2D eigenvalue weighted by atomic mass is 31.2. The number of allylic oxidation sites excluding steroid dienone is 4. The Bertz CT molecular complexity index is 1380. The van der Waals surface area contributed by atoms with Crippen molar-refractivity contribution in [3.05, 3.63) is 24.3 Å². The zero-order chi connectivity index (χ0) is 57.7. The average molecular weight is 1140 g/mol. The van der Waals surface area contributed by atoms with E-state index in [1.165, 1.54) is 283 Å². The lowest BCUT2D eigenvalue weighted by Crippen LogP contribution is -2.37. The third-order valence-corrected chi connectivity index (χ3v) is 16.7. The molecule has 0 aromatic rings. The van der Waals surface area contributed by atoms with E-state index in [2.05, 4.69) is 38.2 Å². The molecule has 2 atom stereocenters. The first-order valence-electron chi connectivity index (χ1n) is 34.5. The third-order valence-electron chi connectivity index (χ3n) is 15.7. The number of nitrogens with zero attached hydrogens (tertiary/aromatic N) is 1. The summed E-state index contributed by atoms with van der Waals surface area (Å²) in [5, 5.41) is 0. The molecule has 2 unspecified atom stereocenters. The SMILES string of the molecule is CCCCCCC/C=C\C/C=C\CCCCCCCCCCCCCCCCCCCCCC(=O)OC(COC(=O)CCCCCCCCCCCCCCCCCCCCCCCCCC)COP(=O)([O-])OCC[N+](C)(C)C. The molecule has 0 rings (SSSR count). The van der Waals surface area contributed by atoms with Crippen molar-refractivity contribution >= 4 is 19.8 Å². The monoisotopic (exact) mass is 1140 g/mol. The van der Waals surface area contributed by atoms with E-state index in [0.29, 0.717) is 17.4 Å². The van der Waals surface area contributed by atoms with E-state index in [1.54, 1.807) is 0 Å². The summed E-state index contributed by atoms with van der Waals surface area (Å²) in [5.41, 5.74) is 0. The van der Waals surface area contributed by atoms with Crippen LogP contribution in [0.5, 0.6) is 0 Å². The maximum atomic E-state index is 12.9. The van der Waals surface area contributed by atoms with E-state index < -0.39 is 26.5 Å². The maximum absolute atomic E-state index is 12.9. The highest BCUT2D eigenvalue weighted by Gasteiger charge is 2.22. The van der Waals surface area contributed by atoms with Gasteiger partial charge < -0.3 is 27.9 Å². The molecule has 0 saturated heterocycles. The van der Waals surface area contributed by atoms with Gasteiger partial charge in [0.1, 0.15) is 19.8 Å². The van der Waals surface area contributed by atoms with Crippen molar-refractivity contribution in [3.63, 3.8) is 0 Å². The molecule has 0 aliphatic carbocycles. The number of unbranched alkanes of at least 4 members (excludes halogenated alkanes) is 47. The van der Waals surface area contributed by atoms with Gasteiger partial charge in [-0.1, -0.05) is 321 Å². The third kappa shape index (κ3) is 65.5. The van der Waals surface area contributed by atoms with Crippen LogP contribution >= 0.6 is 7.82 Å². The predicted octanol–water partition coefficient (Wildman–Crippen LogP) is 21.5. The highest BCUT2D eigenvalue weighted by molar-refractivity contribution is 7.45. The second-order valence-electron chi connectivity index (χ2n) is 24.9. The van der Waals surface area contributed by atoms with Gasteiger partial charge in [-0.15, -0.1) is 0 Å². The molecule has 79 heavy (non-hydrogen) atoms. The Kier molecular flexibility index (Phi) is 59.9. The van der Waals surface area contributed by atoms with Crippen LogP contribution in [0.2, 0.25) is 0 Å². The number of likely N-dealkylation sites (N-methyl/N-ethyl adjacent to an activating group) is 1. The van der Waals surface area contributed by atoms with Gasteiger partial charge in [0, 0.05) is 12.8 Å². The van der Waals surface area contributed by atoms with Crippen molar-refractivity contribution in [3.8, 4) is 0 Å². The van der Waals surface area contributed by atoms with Crippen LogP contribution in [0, 0.1) is 0 Å². The number of esters is 2. The molecule has 0 saturated carbocycles. The topological polar surface area (TPSA) is 111 Å². The summed E-state index contributed by atoms with van der Waals surface area (Å²) in [6.45, 7) is 4.31. The molecule has 0 fully saturated rings. The lowest BCUT2D eigenvalue weighted by atomic mass is 10.0. The van der Waals surface area contributed by atoms with E-state index in [0.717, 1.165) is 38.5 Å². The number of phosphoric ester groups is 1. The van der Waals surface area contributed by atoms with E-state index in [4.69, 9.17) is 18.5 Å². The molecule has 0 radical (unpaired) electrons. The number of hydrogen-bond donors (Lipinski definition) is 0. The van der Waals surface area contributed by atoms with Crippen molar-refractivity contribution in [1.82, 2.24) is 0 Å². The molecule has 0 heterocycles. The predicted molar refractivity (Wildman–Crippen MR) is 338 cm³/mol. The molecule has 9 nitrogen and oxygen atoms in total. The zero-order valence-corrected chi connectivity index (χ0v) is 54.2. The van der Waals surface area contributed by atoms with Crippen LogP contribution in [-0.2, 0) is 32.7 Å². The fraction of sp³-hybridized carbons (Fsp3) is 0.913. The van der Waals surface area contributed by atoms with E-state index in [9.17, 15) is 19.0 Å². The first-order chi connectivity index (χ1) is 38.5. The molecule has 0 aromatic carbocycles. The largest absolute Gasteiger partial charge is 0.756 e. The van der Waals surface area contributed by atoms with Gasteiger partial charge in [0.05, 0.1) is 27.7 Å². The van der Waals surface area contributed by atoms with Crippen molar-refractivity contribution < 1.29 is 42.1 Å². The van der Waals surface area contributed by atoms with Crippen molar-refractivity contribution in [2.75, 3.05) is 47.5 Å². The van der Waals surface area contributed by atoms with Gasteiger partial charge in [-0.05, 0) is 44.9 Å². The molecule has 0 spiro atoms. The number of carbonyl (C=O) groups is 2. The van der Waals surface area contributed by atoms with Gasteiger partial charge in [-0.25, -0.2) is 0 Å². The molecule has 0 bridgehead atoms. The van der Waals surface area contributed by atoms with Crippen LogP contribution in [0.15, 0.2) is 24.3 Å². The molecule has 10 heteroatoms. The van der Waals surface area contributed by atoms with Gasteiger partial charge >= 0.3 is 11.9 Å². The van der Waals surface area contributed by atoms with E-state index in [-0.39, 0.29) is 32.0 Å². The second-order valence-corrected chi connectivity index (χ2v) is 26.3. The Morgan fingerprint density at radius 2 is 0.684 bits per heavy atom. The molecular weight excluding hydrogens is 1000 g/mol. The summed E-state index contributed by atoms with van der Waals surface area (Å²) in [6.07, 6.45) is 75.4. The number of carbonyl (C=O) groups excluding carboxylic acids is 2. The lowest BCUT2D eigenvalue weighted by molar-refractivity contribution is -0.870. The lowest BCUT2D eigenvalue weighted by Gasteiger charge is -2.28. The minimum absolute atomic E-state index is 0.0268. The first-order valence-corrected chi connectivity index (χ1v) is 36.0. The summed E-state index contributed by atoms with van der Waals surface area (Å²) < 4.78 is 34.3. The molecule has 0 amide bonds. The molecule has 0 N–H and O–H groups in total. The molecule has 0 aromatic heterocycles. The van der Waals surface area contributed by atoms with Gasteiger partial charge in [-0.3, -0.25) is 14.2 Å². The summed E-state index contributed by atoms with van der Waals surface area (Å²) in [7, 11) is 1.19. The Morgan fingerprint density at radius 1 is 0.392 bits per heavy atom. The summed E-state index contributed by atoms with van der Waals surface area (Å²) in [5.74, 6) is -0.809. The molecule has 0 aliphatic rings. The average Bonchev–Trinajstić information content (AvgIpc) is 3.41. The van der Waals surface area contributed by atoms with Gasteiger partial charge in [0.25, 0.3) is 7.82 Å². The number of hydrogen-bond acceptors (Lipinski definition) is 8. The number of rotatable bonds is 65. The van der Waals surface area contributed by atoms with Gasteiger partial charge in [-0.2, -0.15) is 0 Å². The molecule has 0 aliphatic heterocycles. The van der Waals surface area contributed by atoms with E-state index >= 15 is 0 Å². The summed E-state index contributed by atoms with van der Waals surface area (Å²) in [6, 6.07) is 0. The highest BCUT2D eigenvalue weighted by Crippen LogP contribution is 2.38. The molecular formula is C69H134NO8P. The Balaban J connectivity index is 4.00. The minimum atomic E-state index is -4.64. The van der Waals surface area contributed by atoms with Crippen LogP contribution in [0.4, 0.5) is 0 Å². The fourth-order valence-corrected chi connectivity index (χ4v) is 11.1. The van der Waals surface area contributed by atoms with Crippen molar-refractivity contribution in [2.24, 2.45) is 0 Å². The van der Waals surface area contributed by atoms with E-state index in [1.807, 2.05) is 21.1 Å². The Labute approximate surface area is 491 Å². The van der Waals surface area contributed by atoms with Gasteiger partial charge in [0.2, 0.25) is 0 Å². The Morgan fingerprint density at radius 3 is 1.00 bits per heavy atom. The van der Waals surface area contributed by atoms with Gasteiger partial charge in [0.15, 0.2) is 6.10 Å². The van der Waals surface area contributed by atoms with Crippen molar-refractivity contribution in [2.45, 2.75) is 360 Å².